The highest BCUT2D eigenvalue weighted by Crippen LogP contribution is 2.16. The molecule has 6 heteroatoms. The second-order valence-corrected chi connectivity index (χ2v) is 5.78. The smallest absolute Gasteiger partial charge is 0.378 e. The van der Waals surface area contributed by atoms with Gasteiger partial charge in [0, 0.05) is 0 Å². The van der Waals surface area contributed by atoms with E-state index in [2.05, 4.69) is 29.0 Å². The van der Waals surface area contributed by atoms with Gasteiger partial charge in [0.25, 0.3) is 5.82 Å². The van der Waals surface area contributed by atoms with Gasteiger partial charge in [-0.1, -0.05) is 13.8 Å². The third-order valence-electron chi connectivity index (χ3n) is 2.16. The van der Waals surface area contributed by atoms with E-state index >= 15 is 0 Å². The molecular weight excluding hydrogens is 232 g/mol. The number of carbonyl (C=O) groups is 1. The van der Waals surface area contributed by atoms with E-state index in [9.17, 15) is 4.79 Å². The monoisotopic (exact) mass is 254 g/mol. The third-order valence-corrected chi connectivity index (χ3v) is 2.16. The number of aromatic amines is 1. The van der Waals surface area contributed by atoms with Crippen LogP contribution in [-0.4, -0.2) is 26.8 Å². The number of hydrogen-bond donors (Lipinski definition) is 2. The SMILES string of the molecule is CC(C)CC(N)c1nc(C(=O)OC(C)(C)C)n[nH]1. The maximum absolute atomic E-state index is 11.7. The molecule has 0 bridgehead atoms. The first kappa shape index (κ1) is 14.6. The van der Waals surface area contributed by atoms with Crippen LogP contribution in [0.3, 0.4) is 0 Å². The van der Waals surface area contributed by atoms with E-state index in [-0.39, 0.29) is 11.9 Å². The van der Waals surface area contributed by atoms with Crippen LogP contribution in [0.5, 0.6) is 0 Å². The van der Waals surface area contributed by atoms with Gasteiger partial charge in [-0.2, -0.15) is 0 Å². The van der Waals surface area contributed by atoms with E-state index in [0.717, 1.165) is 6.42 Å². The van der Waals surface area contributed by atoms with Gasteiger partial charge >= 0.3 is 5.97 Å². The van der Waals surface area contributed by atoms with Crippen LogP contribution in [0.2, 0.25) is 0 Å². The summed E-state index contributed by atoms with van der Waals surface area (Å²) in [7, 11) is 0. The fraction of sp³-hybridized carbons (Fsp3) is 0.750. The first-order valence-electron chi connectivity index (χ1n) is 6.10. The molecule has 0 aliphatic carbocycles. The first-order valence-corrected chi connectivity index (χ1v) is 6.10. The summed E-state index contributed by atoms with van der Waals surface area (Å²) in [5.74, 6) is 0.459. The largest absolute Gasteiger partial charge is 0.454 e. The highest BCUT2D eigenvalue weighted by atomic mass is 16.6. The van der Waals surface area contributed by atoms with Crippen LogP contribution in [-0.2, 0) is 4.74 Å². The lowest BCUT2D eigenvalue weighted by Crippen LogP contribution is -2.24. The van der Waals surface area contributed by atoms with Crippen molar-refractivity contribution in [3.8, 4) is 0 Å². The van der Waals surface area contributed by atoms with Gasteiger partial charge in [-0.05, 0) is 33.1 Å². The van der Waals surface area contributed by atoms with Crippen molar-refractivity contribution >= 4 is 5.97 Å². The fourth-order valence-electron chi connectivity index (χ4n) is 1.47. The second-order valence-electron chi connectivity index (χ2n) is 5.78. The summed E-state index contributed by atoms with van der Waals surface area (Å²) in [5.41, 5.74) is 5.39. The molecule has 6 nitrogen and oxygen atoms in total. The first-order chi connectivity index (χ1) is 8.19. The normalized spacial score (nSPS) is 13.7. The standard InChI is InChI=1S/C12H22N4O2/c1-7(2)6-8(13)9-14-10(16-15-9)11(17)18-12(3,4)5/h7-8H,6,13H2,1-5H3,(H,14,15,16). The Labute approximate surface area is 107 Å². The van der Waals surface area contributed by atoms with Gasteiger partial charge in [-0.3, -0.25) is 5.10 Å². The predicted molar refractivity (Wildman–Crippen MR) is 67.9 cm³/mol. The summed E-state index contributed by atoms with van der Waals surface area (Å²) < 4.78 is 5.17. The molecule has 1 aromatic heterocycles. The number of ether oxygens (including phenoxy) is 1. The Balaban J connectivity index is 2.71. The van der Waals surface area contributed by atoms with E-state index in [1.807, 2.05) is 0 Å². The number of carbonyl (C=O) groups excluding carboxylic acids is 1. The van der Waals surface area contributed by atoms with E-state index in [4.69, 9.17) is 10.5 Å². The van der Waals surface area contributed by atoms with Crippen molar-refractivity contribution in [3.05, 3.63) is 11.6 Å². The Morgan fingerprint density at radius 1 is 1.44 bits per heavy atom. The zero-order chi connectivity index (χ0) is 13.9. The van der Waals surface area contributed by atoms with Crippen molar-refractivity contribution in [1.82, 2.24) is 15.2 Å². The topological polar surface area (TPSA) is 93.9 Å². The maximum Gasteiger partial charge on any atom is 0.378 e. The van der Waals surface area contributed by atoms with E-state index in [1.54, 1.807) is 20.8 Å². The molecule has 1 unspecified atom stereocenters. The molecule has 102 valence electrons. The predicted octanol–water partition coefficient (Wildman–Crippen LogP) is 1.81. The summed E-state index contributed by atoms with van der Waals surface area (Å²) in [4.78, 5) is 15.8. The van der Waals surface area contributed by atoms with Gasteiger partial charge in [0.15, 0.2) is 0 Å². The lowest BCUT2D eigenvalue weighted by Gasteiger charge is -2.17. The molecule has 3 N–H and O–H groups in total. The molecule has 0 fully saturated rings. The van der Waals surface area contributed by atoms with Crippen molar-refractivity contribution < 1.29 is 9.53 Å². The van der Waals surface area contributed by atoms with Crippen LogP contribution in [0.1, 0.15) is 63.5 Å². The number of hydrogen-bond acceptors (Lipinski definition) is 5. The average molecular weight is 254 g/mol. The number of rotatable bonds is 4. The number of aromatic nitrogens is 3. The Morgan fingerprint density at radius 2 is 2.06 bits per heavy atom. The zero-order valence-electron chi connectivity index (χ0n) is 11.7. The van der Waals surface area contributed by atoms with Crippen LogP contribution < -0.4 is 5.73 Å². The van der Waals surface area contributed by atoms with Gasteiger partial charge in [-0.15, -0.1) is 5.10 Å². The van der Waals surface area contributed by atoms with Crippen LogP contribution in [0.25, 0.3) is 0 Å². The minimum atomic E-state index is -0.558. The summed E-state index contributed by atoms with van der Waals surface area (Å²) in [5, 5.41) is 6.53. The Morgan fingerprint density at radius 3 is 2.56 bits per heavy atom. The molecule has 0 aliphatic rings. The third kappa shape index (κ3) is 4.44. The molecule has 1 heterocycles. The van der Waals surface area contributed by atoms with Crippen molar-refractivity contribution in [2.75, 3.05) is 0 Å². The van der Waals surface area contributed by atoms with Crippen molar-refractivity contribution in [2.45, 2.75) is 52.7 Å². The highest BCUT2D eigenvalue weighted by Gasteiger charge is 2.22. The van der Waals surface area contributed by atoms with Crippen molar-refractivity contribution in [3.63, 3.8) is 0 Å². The Hall–Kier alpha value is -1.43. The van der Waals surface area contributed by atoms with Crippen LogP contribution in [0.4, 0.5) is 0 Å². The van der Waals surface area contributed by atoms with E-state index in [0.29, 0.717) is 11.7 Å². The molecule has 0 saturated carbocycles. The van der Waals surface area contributed by atoms with Crippen LogP contribution in [0, 0.1) is 5.92 Å². The quantitative estimate of drug-likeness (QED) is 0.799. The molecule has 1 rings (SSSR count). The van der Waals surface area contributed by atoms with E-state index < -0.39 is 11.6 Å². The molecule has 1 atom stereocenters. The van der Waals surface area contributed by atoms with Gasteiger partial charge in [0.1, 0.15) is 11.4 Å². The summed E-state index contributed by atoms with van der Waals surface area (Å²) in [6.45, 7) is 9.53. The van der Waals surface area contributed by atoms with Gasteiger partial charge < -0.3 is 10.5 Å². The van der Waals surface area contributed by atoms with Gasteiger partial charge in [-0.25, -0.2) is 9.78 Å². The molecule has 18 heavy (non-hydrogen) atoms. The Kier molecular flexibility index (Phi) is 4.45. The lowest BCUT2D eigenvalue weighted by atomic mass is 10.0. The molecule has 0 saturated heterocycles. The lowest BCUT2D eigenvalue weighted by molar-refractivity contribution is 0.00560. The number of nitrogens with one attached hydrogen (secondary N) is 1. The van der Waals surface area contributed by atoms with Crippen LogP contribution >= 0.6 is 0 Å². The number of H-pyrrole nitrogens is 1. The number of nitrogens with two attached hydrogens (primary N) is 1. The molecular formula is C12H22N4O2. The van der Waals surface area contributed by atoms with Crippen LogP contribution in [0.15, 0.2) is 0 Å². The highest BCUT2D eigenvalue weighted by molar-refractivity contribution is 5.85. The molecule has 0 spiro atoms. The van der Waals surface area contributed by atoms with E-state index in [1.165, 1.54) is 0 Å². The minimum Gasteiger partial charge on any atom is -0.454 e. The summed E-state index contributed by atoms with van der Waals surface area (Å²) in [6, 6.07) is -0.242. The molecule has 0 aromatic carbocycles. The zero-order valence-corrected chi connectivity index (χ0v) is 11.7. The molecule has 0 radical (unpaired) electrons. The van der Waals surface area contributed by atoms with Gasteiger partial charge in [0.2, 0.25) is 0 Å². The number of nitrogens with zero attached hydrogens (tertiary/aromatic N) is 2. The maximum atomic E-state index is 11.7. The number of esters is 1. The molecule has 1 aromatic rings. The minimum absolute atomic E-state index is 0.0270. The second kappa shape index (κ2) is 5.48. The summed E-state index contributed by atoms with van der Waals surface area (Å²) in [6.07, 6.45) is 0.781. The molecule has 0 amide bonds. The Bertz CT molecular complexity index is 406. The summed E-state index contributed by atoms with van der Waals surface area (Å²) >= 11 is 0. The van der Waals surface area contributed by atoms with Crippen molar-refractivity contribution in [1.29, 1.82) is 0 Å². The fourth-order valence-corrected chi connectivity index (χ4v) is 1.47. The molecule has 0 aliphatic heterocycles. The average Bonchev–Trinajstić information content (AvgIpc) is 2.61. The van der Waals surface area contributed by atoms with Crippen molar-refractivity contribution in [2.24, 2.45) is 11.7 Å². The van der Waals surface area contributed by atoms with Gasteiger partial charge in [0.05, 0.1) is 6.04 Å².